The first-order valence-electron chi connectivity index (χ1n) is 10.5. The molecule has 1 heterocycles. The number of carbonyl (C=O) groups is 3. The van der Waals surface area contributed by atoms with Crippen molar-refractivity contribution in [2.75, 3.05) is 20.2 Å². The van der Waals surface area contributed by atoms with E-state index in [-0.39, 0.29) is 12.4 Å². The number of aryl methyl sites for hydroxylation is 1. The van der Waals surface area contributed by atoms with Crippen LogP contribution in [0, 0.1) is 6.92 Å². The number of rotatable bonds is 9. The number of allylic oxidation sites excluding steroid dienone is 1. The van der Waals surface area contributed by atoms with E-state index in [0.717, 1.165) is 25.8 Å². The van der Waals surface area contributed by atoms with E-state index in [4.69, 9.17) is 14.7 Å². The molecule has 0 fully saturated rings. The number of hydrogen-bond donors (Lipinski definition) is 4. The maximum Gasteiger partial charge on any atom is 0.292 e. The Bertz CT molecular complexity index is 529. The summed E-state index contributed by atoms with van der Waals surface area (Å²) in [6.45, 7) is 13.8. The molecule has 0 aliphatic carbocycles. The van der Waals surface area contributed by atoms with Crippen LogP contribution in [0.3, 0.4) is 0 Å². The van der Waals surface area contributed by atoms with Crippen LogP contribution in [0.25, 0.3) is 6.08 Å². The lowest BCUT2D eigenvalue weighted by Gasteiger charge is -2.04. The normalized spacial score (nSPS) is 8.53. The molecule has 6 N–H and O–H groups in total. The Morgan fingerprint density at radius 3 is 2.23 bits per heavy atom. The molecule has 0 aromatic carbocycles. The zero-order valence-electron chi connectivity index (χ0n) is 19.9. The Balaban J connectivity index is -0.000000258. The molecule has 0 saturated heterocycles. The molecular formula is C22H44N3O5+. The van der Waals surface area contributed by atoms with Crippen molar-refractivity contribution in [2.45, 2.75) is 67.2 Å². The molecule has 0 unspecified atom stereocenters. The van der Waals surface area contributed by atoms with Gasteiger partial charge in [0, 0.05) is 31.3 Å². The maximum atomic E-state index is 11.5. The van der Waals surface area contributed by atoms with Crippen LogP contribution in [0.4, 0.5) is 0 Å². The van der Waals surface area contributed by atoms with Crippen molar-refractivity contribution in [1.29, 1.82) is 0 Å². The maximum absolute atomic E-state index is 11.5. The Labute approximate surface area is 182 Å². The summed E-state index contributed by atoms with van der Waals surface area (Å²) >= 11 is 0. The summed E-state index contributed by atoms with van der Waals surface area (Å²) in [6.07, 6.45) is 9.69. The summed E-state index contributed by atoms with van der Waals surface area (Å²) in [5, 5.41) is 9.84. The minimum Gasteiger partial charge on any atom is -0.483 e. The third kappa shape index (κ3) is 23.4. The Kier molecular flexibility index (Phi) is 36.1. The molecule has 0 saturated carbocycles. The van der Waals surface area contributed by atoms with Gasteiger partial charge in [-0.15, -0.1) is 0 Å². The van der Waals surface area contributed by atoms with Gasteiger partial charge in [0.05, 0.1) is 13.7 Å². The van der Waals surface area contributed by atoms with E-state index in [1.54, 1.807) is 0 Å². The van der Waals surface area contributed by atoms with Crippen LogP contribution < -0.4 is 11.1 Å². The van der Waals surface area contributed by atoms with E-state index >= 15 is 0 Å². The number of nitrogens with one attached hydrogen (secondary N) is 2. The van der Waals surface area contributed by atoms with Crippen LogP contribution in [-0.2, 0) is 25.5 Å². The van der Waals surface area contributed by atoms with Crippen LogP contribution in [0.5, 0.6) is 0 Å². The fourth-order valence-corrected chi connectivity index (χ4v) is 1.98. The zero-order valence-corrected chi connectivity index (χ0v) is 19.9. The Morgan fingerprint density at radius 2 is 1.80 bits per heavy atom. The van der Waals surface area contributed by atoms with Gasteiger partial charge in [-0.25, -0.2) is 0 Å². The Morgan fingerprint density at radius 1 is 1.27 bits per heavy atom. The summed E-state index contributed by atoms with van der Waals surface area (Å²) in [6, 6.07) is 0. The number of aromatic nitrogens is 1. The molecule has 8 heteroatoms. The topological polar surface area (TPSA) is 136 Å². The monoisotopic (exact) mass is 430 g/mol. The van der Waals surface area contributed by atoms with E-state index in [1.807, 2.05) is 33.9 Å². The fourth-order valence-electron chi connectivity index (χ4n) is 1.98. The first-order chi connectivity index (χ1) is 14.5. The standard InChI is InChI=1S/C15H25N3O.C2H4O2.2C2H6.CH2O2/c1-3-4-6-14-12(2)18-11-13(14)8-10-17-15(19)7-5-9-16;1-4-2-3;2*1-2;2-1-3/h4,6,11,18H,3,5,7-10,16H2,1-2H3,(H,17,19);2H,1H3;2*1-2H3;1H,(H,2,3)/p+1/b6-4-;;;;. The van der Waals surface area contributed by atoms with Gasteiger partial charge in [-0.1, -0.05) is 46.8 Å². The number of hydrogen-bond acceptors (Lipinski definition) is 4. The van der Waals surface area contributed by atoms with Crippen LogP contribution in [-0.4, -0.2) is 49.1 Å². The summed E-state index contributed by atoms with van der Waals surface area (Å²) in [7, 11) is 1.31. The SMILES string of the molecule is CC.CC.CC/C=C\c1c(CCNC(=O)CCC[NH3+])c[nH]c1C.COC=O.O=CO. The number of methoxy groups -OCH3 is 1. The number of aromatic amines is 1. The van der Waals surface area contributed by atoms with Crippen molar-refractivity contribution in [3.05, 3.63) is 29.1 Å². The van der Waals surface area contributed by atoms with E-state index in [1.165, 1.54) is 23.9 Å². The molecule has 30 heavy (non-hydrogen) atoms. The van der Waals surface area contributed by atoms with Gasteiger partial charge < -0.3 is 25.9 Å². The lowest BCUT2D eigenvalue weighted by molar-refractivity contribution is -0.368. The highest BCUT2D eigenvalue weighted by Crippen LogP contribution is 2.16. The first-order valence-corrected chi connectivity index (χ1v) is 10.5. The molecular weight excluding hydrogens is 386 g/mol. The second-order valence-electron chi connectivity index (χ2n) is 5.16. The van der Waals surface area contributed by atoms with E-state index in [0.29, 0.717) is 19.4 Å². The number of carboxylic acid groups (broad SMARTS) is 1. The number of H-pyrrole nitrogens is 1. The van der Waals surface area contributed by atoms with Crippen molar-refractivity contribution in [1.82, 2.24) is 10.3 Å². The summed E-state index contributed by atoms with van der Waals surface area (Å²) < 4.78 is 3.86. The van der Waals surface area contributed by atoms with Crippen LogP contribution in [0.15, 0.2) is 12.3 Å². The molecule has 0 atom stereocenters. The molecule has 0 aliphatic heterocycles. The molecule has 1 rings (SSSR count). The van der Waals surface area contributed by atoms with Gasteiger partial charge in [0.2, 0.25) is 5.91 Å². The average Bonchev–Trinajstić information content (AvgIpc) is 3.13. The molecule has 0 spiro atoms. The third-order valence-corrected chi connectivity index (χ3v) is 3.20. The van der Waals surface area contributed by atoms with Crippen molar-refractivity contribution in [3.8, 4) is 0 Å². The average molecular weight is 431 g/mol. The van der Waals surface area contributed by atoms with E-state index in [9.17, 15) is 4.79 Å². The second kappa shape index (κ2) is 31.1. The molecule has 1 amide bonds. The van der Waals surface area contributed by atoms with Crippen LogP contribution in [0.2, 0.25) is 0 Å². The molecule has 0 aliphatic rings. The predicted molar refractivity (Wildman–Crippen MR) is 123 cm³/mol. The summed E-state index contributed by atoms with van der Waals surface area (Å²) in [5.74, 6) is 0.126. The van der Waals surface area contributed by atoms with Crippen molar-refractivity contribution < 1.29 is 30.0 Å². The minimum absolute atomic E-state index is 0.126. The van der Waals surface area contributed by atoms with E-state index in [2.05, 4.69) is 46.8 Å². The molecule has 8 nitrogen and oxygen atoms in total. The van der Waals surface area contributed by atoms with Gasteiger partial charge in [0.25, 0.3) is 12.9 Å². The highest BCUT2D eigenvalue weighted by atomic mass is 16.5. The number of quaternary nitrogens is 1. The largest absolute Gasteiger partial charge is 0.483 e. The van der Waals surface area contributed by atoms with Gasteiger partial charge in [-0.05, 0) is 30.9 Å². The van der Waals surface area contributed by atoms with Gasteiger partial charge in [0.15, 0.2) is 0 Å². The Hall–Kier alpha value is -2.61. The lowest BCUT2D eigenvalue weighted by Crippen LogP contribution is -2.50. The van der Waals surface area contributed by atoms with E-state index < -0.39 is 0 Å². The van der Waals surface area contributed by atoms with Gasteiger partial charge in [-0.3, -0.25) is 14.4 Å². The summed E-state index contributed by atoms with van der Waals surface area (Å²) in [5.41, 5.74) is 7.44. The van der Waals surface area contributed by atoms with Crippen molar-refractivity contribution in [2.24, 2.45) is 0 Å². The lowest BCUT2D eigenvalue weighted by atomic mass is 10.1. The second-order valence-corrected chi connectivity index (χ2v) is 5.16. The zero-order chi connectivity index (χ0) is 24.2. The van der Waals surface area contributed by atoms with Gasteiger partial charge in [-0.2, -0.15) is 0 Å². The highest BCUT2D eigenvalue weighted by molar-refractivity contribution is 5.75. The molecule has 0 bridgehead atoms. The molecule has 0 radical (unpaired) electrons. The fraction of sp³-hybridized carbons (Fsp3) is 0.591. The summed E-state index contributed by atoms with van der Waals surface area (Å²) in [4.78, 5) is 32.1. The first kappa shape index (κ1) is 34.9. The highest BCUT2D eigenvalue weighted by Gasteiger charge is 2.06. The van der Waals surface area contributed by atoms with Crippen LogP contribution in [0.1, 0.15) is 70.7 Å². The molecule has 176 valence electrons. The van der Waals surface area contributed by atoms with Crippen molar-refractivity contribution >= 4 is 24.9 Å². The van der Waals surface area contributed by atoms with Gasteiger partial charge >= 0.3 is 0 Å². The molecule has 1 aromatic heterocycles. The number of amides is 1. The smallest absolute Gasteiger partial charge is 0.292 e. The number of carbonyl (C=O) groups excluding carboxylic acids is 2. The molecule has 1 aromatic rings. The van der Waals surface area contributed by atoms with Gasteiger partial charge in [0.1, 0.15) is 0 Å². The van der Waals surface area contributed by atoms with Crippen molar-refractivity contribution in [3.63, 3.8) is 0 Å². The minimum atomic E-state index is -0.250. The third-order valence-electron chi connectivity index (χ3n) is 3.20. The quantitative estimate of drug-likeness (QED) is 0.447. The number of ether oxygens (including phenoxy) is 1. The van der Waals surface area contributed by atoms with Crippen LogP contribution >= 0.6 is 0 Å². The predicted octanol–water partition coefficient (Wildman–Crippen LogP) is 2.97.